The van der Waals surface area contributed by atoms with Crippen LogP contribution in [-0.4, -0.2) is 36.2 Å². The van der Waals surface area contributed by atoms with Crippen LogP contribution in [-0.2, 0) is 20.7 Å². The first-order valence-electron chi connectivity index (χ1n) is 11.7. The number of hydrogen-bond donors (Lipinski definition) is 1. The molecule has 34 heavy (non-hydrogen) atoms. The quantitative estimate of drug-likeness (QED) is 0.394. The Morgan fingerprint density at radius 1 is 0.941 bits per heavy atom. The number of nitrogens with one attached hydrogen (secondary N) is 1. The molecule has 0 saturated heterocycles. The molecular formula is C29H35NO4. The number of amides is 1. The zero-order valence-electron chi connectivity index (χ0n) is 20.7. The average molecular weight is 462 g/mol. The highest BCUT2D eigenvalue weighted by Crippen LogP contribution is 2.28. The number of fused-ring (bicyclic) bond motifs is 1. The predicted molar refractivity (Wildman–Crippen MR) is 136 cm³/mol. The topological polar surface area (TPSA) is 64.6 Å². The Hall–Kier alpha value is -3.18. The van der Waals surface area contributed by atoms with Crippen molar-refractivity contribution in [2.45, 2.75) is 64.2 Å². The minimum absolute atomic E-state index is 0.0396. The van der Waals surface area contributed by atoms with Crippen molar-refractivity contribution in [3.05, 3.63) is 83.9 Å². The summed E-state index contributed by atoms with van der Waals surface area (Å²) in [7, 11) is 0. The van der Waals surface area contributed by atoms with Gasteiger partial charge in [0, 0.05) is 5.92 Å². The molecule has 1 amide bonds. The molecule has 0 saturated carbocycles. The van der Waals surface area contributed by atoms with Crippen molar-refractivity contribution in [1.29, 1.82) is 0 Å². The summed E-state index contributed by atoms with van der Waals surface area (Å²) in [5.74, 6) is 0.0693. The van der Waals surface area contributed by atoms with Gasteiger partial charge >= 0.3 is 6.09 Å². The third-order valence-corrected chi connectivity index (χ3v) is 5.76. The molecule has 3 rings (SSSR count). The van der Waals surface area contributed by atoms with Gasteiger partial charge in [0.15, 0.2) is 0 Å². The fraction of sp³-hybridized carbons (Fsp3) is 0.379. The van der Waals surface area contributed by atoms with Gasteiger partial charge in [-0.05, 0) is 62.9 Å². The van der Waals surface area contributed by atoms with E-state index in [4.69, 9.17) is 9.47 Å². The second-order valence-corrected chi connectivity index (χ2v) is 10.1. The van der Waals surface area contributed by atoms with E-state index in [-0.39, 0.29) is 18.6 Å². The predicted octanol–water partition coefficient (Wildman–Crippen LogP) is 6.05. The smallest absolute Gasteiger partial charge is 0.408 e. The highest BCUT2D eigenvalue weighted by molar-refractivity contribution is 5.83. The molecule has 0 aliphatic rings. The lowest BCUT2D eigenvalue weighted by Gasteiger charge is -2.31. The first-order valence-corrected chi connectivity index (χ1v) is 11.7. The van der Waals surface area contributed by atoms with Gasteiger partial charge in [-0.3, -0.25) is 0 Å². The van der Waals surface area contributed by atoms with E-state index in [1.54, 1.807) is 27.7 Å². The summed E-state index contributed by atoms with van der Waals surface area (Å²) >= 11 is 0. The van der Waals surface area contributed by atoms with Gasteiger partial charge in [0.1, 0.15) is 17.4 Å². The van der Waals surface area contributed by atoms with Crippen LogP contribution < -0.4 is 5.32 Å². The SMILES string of the molecule is C[C@H](OC[C@@](C)(C=O)NC(=O)OC(C)(C)C)[C@H](Cc1ccc2ccccc2c1)c1ccccc1. The van der Waals surface area contributed by atoms with Gasteiger partial charge < -0.3 is 19.6 Å². The number of aldehydes is 1. The van der Waals surface area contributed by atoms with E-state index in [0.717, 1.165) is 12.0 Å². The summed E-state index contributed by atoms with van der Waals surface area (Å²) in [5.41, 5.74) is 0.533. The Balaban J connectivity index is 1.75. The van der Waals surface area contributed by atoms with Crippen molar-refractivity contribution >= 4 is 23.2 Å². The normalized spacial score (nSPS) is 15.2. The van der Waals surface area contributed by atoms with Gasteiger partial charge in [0.25, 0.3) is 0 Å². The zero-order chi connectivity index (χ0) is 24.8. The maximum atomic E-state index is 12.2. The molecule has 0 radical (unpaired) electrons. The molecule has 0 bridgehead atoms. The number of rotatable bonds is 9. The first kappa shape index (κ1) is 25.4. The second kappa shape index (κ2) is 10.8. The Morgan fingerprint density at radius 3 is 2.24 bits per heavy atom. The first-order chi connectivity index (χ1) is 16.1. The molecule has 0 aromatic heterocycles. The van der Waals surface area contributed by atoms with Crippen LogP contribution in [0.1, 0.15) is 51.7 Å². The molecule has 0 heterocycles. The number of hydrogen-bond acceptors (Lipinski definition) is 4. The Kier molecular flexibility index (Phi) is 8.11. The van der Waals surface area contributed by atoms with Gasteiger partial charge in [0.2, 0.25) is 0 Å². The lowest BCUT2D eigenvalue weighted by molar-refractivity contribution is -0.116. The molecular weight excluding hydrogens is 426 g/mol. The van der Waals surface area contributed by atoms with Gasteiger partial charge in [-0.15, -0.1) is 0 Å². The van der Waals surface area contributed by atoms with Crippen LogP contribution in [0.3, 0.4) is 0 Å². The molecule has 5 nitrogen and oxygen atoms in total. The third kappa shape index (κ3) is 7.16. The summed E-state index contributed by atoms with van der Waals surface area (Å²) in [5, 5.41) is 5.06. The van der Waals surface area contributed by atoms with Crippen molar-refractivity contribution in [2.75, 3.05) is 6.61 Å². The van der Waals surface area contributed by atoms with Crippen LogP contribution in [0.15, 0.2) is 72.8 Å². The number of benzene rings is 3. The average Bonchev–Trinajstić information content (AvgIpc) is 2.80. The Labute approximate surface area is 202 Å². The summed E-state index contributed by atoms with van der Waals surface area (Å²) in [6.07, 6.45) is 0.639. The molecule has 0 aliphatic heterocycles. The van der Waals surface area contributed by atoms with E-state index in [9.17, 15) is 9.59 Å². The van der Waals surface area contributed by atoms with Gasteiger partial charge in [-0.2, -0.15) is 0 Å². The third-order valence-electron chi connectivity index (χ3n) is 5.76. The molecule has 3 atom stereocenters. The lowest BCUT2D eigenvalue weighted by Crippen LogP contribution is -2.52. The van der Waals surface area contributed by atoms with E-state index in [0.29, 0.717) is 6.29 Å². The number of alkyl carbamates (subject to hydrolysis) is 1. The monoisotopic (exact) mass is 461 g/mol. The van der Waals surface area contributed by atoms with Crippen LogP contribution in [0.5, 0.6) is 0 Å². The standard InChI is InChI=1S/C29H35NO4/c1-21(33-20-29(5,19-31)30-27(32)34-28(2,3)4)26(24-12-7-6-8-13-24)18-22-15-16-23-11-9-10-14-25(23)17-22/h6-17,19,21,26H,18,20H2,1-5H3,(H,30,32)/t21-,26-,29+/m0/s1. The van der Waals surface area contributed by atoms with Crippen LogP contribution in [0.25, 0.3) is 10.8 Å². The van der Waals surface area contributed by atoms with E-state index < -0.39 is 17.2 Å². The zero-order valence-corrected chi connectivity index (χ0v) is 20.7. The molecule has 0 spiro atoms. The second-order valence-electron chi connectivity index (χ2n) is 10.1. The maximum Gasteiger partial charge on any atom is 0.408 e. The highest BCUT2D eigenvalue weighted by Gasteiger charge is 2.31. The summed E-state index contributed by atoms with van der Waals surface area (Å²) in [6, 6.07) is 25.1. The van der Waals surface area contributed by atoms with Gasteiger partial charge in [-0.1, -0.05) is 72.8 Å². The van der Waals surface area contributed by atoms with Gasteiger partial charge in [-0.25, -0.2) is 4.79 Å². The molecule has 3 aromatic carbocycles. The molecule has 180 valence electrons. The van der Waals surface area contributed by atoms with Crippen molar-refractivity contribution in [1.82, 2.24) is 5.32 Å². The molecule has 0 unspecified atom stereocenters. The van der Waals surface area contributed by atoms with Crippen molar-refractivity contribution in [3.8, 4) is 0 Å². The number of carbonyl (C=O) groups excluding carboxylic acids is 2. The van der Waals surface area contributed by atoms with Crippen LogP contribution >= 0.6 is 0 Å². The number of ether oxygens (including phenoxy) is 2. The fourth-order valence-electron chi connectivity index (χ4n) is 3.93. The fourth-order valence-corrected chi connectivity index (χ4v) is 3.93. The van der Waals surface area contributed by atoms with Gasteiger partial charge in [0.05, 0.1) is 12.7 Å². The molecule has 1 N–H and O–H groups in total. The van der Waals surface area contributed by atoms with Crippen molar-refractivity contribution in [3.63, 3.8) is 0 Å². The van der Waals surface area contributed by atoms with E-state index in [1.807, 2.05) is 37.3 Å². The Morgan fingerprint density at radius 2 is 1.59 bits per heavy atom. The van der Waals surface area contributed by atoms with Crippen LogP contribution in [0.2, 0.25) is 0 Å². The molecule has 3 aromatic rings. The lowest BCUT2D eigenvalue weighted by atomic mass is 9.87. The summed E-state index contributed by atoms with van der Waals surface area (Å²) in [6.45, 7) is 9.02. The summed E-state index contributed by atoms with van der Waals surface area (Å²) in [4.78, 5) is 24.1. The number of carbonyl (C=O) groups is 2. The van der Waals surface area contributed by atoms with Crippen LogP contribution in [0.4, 0.5) is 4.79 Å². The summed E-state index contributed by atoms with van der Waals surface area (Å²) < 4.78 is 11.5. The molecule has 5 heteroatoms. The van der Waals surface area contributed by atoms with E-state index >= 15 is 0 Å². The van der Waals surface area contributed by atoms with Crippen molar-refractivity contribution < 1.29 is 19.1 Å². The van der Waals surface area contributed by atoms with Crippen molar-refractivity contribution in [2.24, 2.45) is 0 Å². The molecule has 0 aliphatic carbocycles. The highest BCUT2D eigenvalue weighted by atomic mass is 16.6. The van der Waals surface area contributed by atoms with Crippen LogP contribution in [0, 0.1) is 0 Å². The Bertz CT molecular complexity index is 1110. The van der Waals surface area contributed by atoms with E-state index in [2.05, 4.69) is 47.8 Å². The minimum atomic E-state index is -1.19. The van der Waals surface area contributed by atoms with E-state index in [1.165, 1.54) is 16.3 Å². The largest absolute Gasteiger partial charge is 0.444 e. The maximum absolute atomic E-state index is 12.2. The molecule has 0 fully saturated rings. The minimum Gasteiger partial charge on any atom is -0.444 e.